The van der Waals surface area contributed by atoms with Crippen LogP contribution in [0, 0.1) is 11.3 Å². The summed E-state index contributed by atoms with van der Waals surface area (Å²) in [7, 11) is 0. The van der Waals surface area contributed by atoms with E-state index in [1.807, 2.05) is 36.4 Å². The van der Waals surface area contributed by atoms with Crippen molar-refractivity contribution < 1.29 is 4.74 Å². The van der Waals surface area contributed by atoms with E-state index in [0.29, 0.717) is 5.75 Å². The van der Waals surface area contributed by atoms with E-state index in [-0.39, 0.29) is 6.61 Å². The number of ether oxygens (including phenoxy) is 1. The van der Waals surface area contributed by atoms with Crippen LogP contribution in [0.3, 0.4) is 0 Å². The average molecular weight is 238 g/mol. The molecule has 66 valence electrons. The summed E-state index contributed by atoms with van der Waals surface area (Å²) in [5.41, 5.74) is 1.03. The summed E-state index contributed by atoms with van der Waals surface area (Å²) in [6.07, 6.45) is 1.90. The van der Waals surface area contributed by atoms with E-state index >= 15 is 0 Å². The third-order valence-electron chi connectivity index (χ3n) is 1.42. The Labute approximate surface area is 85.6 Å². The third kappa shape index (κ3) is 3.30. The van der Waals surface area contributed by atoms with Gasteiger partial charge in [0.2, 0.25) is 0 Å². The fourth-order valence-electron chi connectivity index (χ4n) is 0.896. The Kier molecular flexibility index (Phi) is 4.07. The van der Waals surface area contributed by atoms with Gasteiger partial charge < -0.3 is 4.74 Å². The standard InChI is InChI=1S/C10H8BrNO/c11-5-4-9-2-1-3-10(8-9)13-7-6-12/h1-5,8H,7H2/b5-4+. The number of nitrogens with zero attached hydrogens (tertiary/aromatic N) is 1. The van der Waals surface area contributed by atoms with Gasteiger partial charge in [-0.15, -0.1) is 0 Å². The fraction of sp³-hybridized carbons (Fsp3) is 0.100. The molecule has 0 amide bonds. The van der Waals surface area contributed by atoms with Crippen LogP contribution in [-0.4, -0.2) is 6.61 Å². The van der Waals surface area contributed by atoms with Gasteiger partial charge in [-0.1, -0.05) is 28.1 Å². The predicted molar refractivity (Wildman–Crippen MR) is 55.5 cm³/mol. The van der Waals surface area contributed by atoms with E-state index in [2.05, 4.69) is 15.9 Å². The number of benzene rings is 1. The largest absolute Gasteiger partial charge is 0.479 e. The van der Waals surface area contributed by atoms with E-state index in [9.17, 15) is 0 Å². The molecule has 0 heterocycles. The Balaban J connectivity index is 2.74. The minimum absolute atomic E-state index is 0.0848. The number of rotatable bonds is 3. The van der Waals surface area contributed by atoms with Crippen molar-refractivity contribution >= 4 is 22.0 Å². The van der Waals surface area contributed by atoms with Crippen LogP contribution in [0.2, 0.25) is 0 Å². The van der Waals surface area contributed by atoms with Crippen molar-refractivity contribution in [2.45, 2.75) is 0 Å². The van der Waals surface area contributed by atoms with Crippen molar-refractivity contribution in [3.8, 4) is 11.8 Å². The van der Waals surface area contributed by atoms with Gasteiger partial charge in [0.15, 0.2) is 6.61 Å². The van der Waals surface area contributed by atoms with Gasteiger partial charge in [-0.05, 0) is 28.8 Å². The molecule has 0 aliphatic carbocycles. The molecule has 0 fully saturated rings. The van der Waals surface area contributed by atoms with Crippen LogP contribution in [0.15, 0.2) is 29.3 Å². The zero-order valence-corrected chi connectivity index (χ0v) is 8.49. The lowest BCUT2D eigenvalue weighted by molar-refractivity contribution is 0.368. The maximum Gasteiger partial charge on any atom is 0.174 e. The van der Waals surface area contributed by atoms with E-state index < -0.39 is 0 Å². The van der Waals surface area contributed by atoms with Crippen LogP contribution in [0.4, 0.5) is 0 Å². The number of hydrogen-bond donors (Lipinski definition) is 0. The minimum atomic E-state index is 0.0848. The first-order valence-electron chi connectivity index (χ1n) is 3.73. The highest BCUT2D eigenvalue weighted by Gasteiger charge is 1.92. The molecule has 2 nitrogen and oxygen atoms in total. The molecule has 0 atom stereocenters. The molecule has 0 spiro atoms. The fourth-order valence-corrected chi connectivity index (χ4v) is 1.20. The highest BCUT2D eigenvalue weighted by molar-refractivity contribution is 9.11. The lowest BCUT2D eigenvalue weighted by Crippen LogP contribution is -1.92. The summed E-state index contributed by atoms with van der Waals surface area (Å²) in [6.45, 7) is 0.0848. The van der Waals surface area contributed by atoms with Crippen LogP contribution in [-0.2, 0) is 0 Å². The molecular weight excluding hydrogens is 230 g/mol. The molecule has 0 unspecified atom stereocenters. The normalized spacial score (nSPS) is 9.85. The van der Waals surface area contributed by atoms with Crippen LogP contribution in [0.5, 0.6) is 5.75 Å². The Morgan fingerprint density at radius 3 is 3.08 bits per heavy atom. The molecule has 0 aromatic heterocycles. The highest BCUT2D eigenvalue weighted by atomic mass is 79.9. The second-order valence-corrected chi connectivity index (χ2v) is 2.84. The Bertz CT molecular complexity index is 341. The lowest BCUT2D eigenvalue weighted by Gasteiger charge is -2.01. The molecular formula is C10H8BrNO. The van der Waals surface area contributed by atoms with Crippen LogP contribution in [0.25, 0.3) is 6.08 Å². The SMILES string of the molecule is N#CCOc1cccc(/C=C/Br)c1. The first kappa shape index (κ1) is 9.82. The van der Waals surface area contributed by atoms with E-state index in [1.165, 1.54) is 0 Å². The summed E-state index contributed by atoms with van der Waals surface area (Å²) in [4.78, 5) is 1.77. The summed E-state index contributed by atoms with van der Waals surface area (Å²) in [5, 5.41) is 8.30. The molecule has 0 aliphatic heterocycles. The highest BCUT2D eigenvalue weighted by Crippen LogP contribution is 2.14. The summed E-state index contributed by atoms with van der Waals surface area (Å²) in [5.74, 6) is 0.713. The van der Waals surface area contributed by atoms with Gasteiger partial charge in [0.25, 0.3) is 0 Å². The maximum atomic E-state index is 8.30. The summed E-state index contributed by atoms with van der Waals surface area (Å²) >= 11 is 3.19. The van der Waals surface area contributed by atoms with E-state index in [1.54, 1.807) is 4.99 Å². The molecule has 1 aromatic carbocycles. The Morgan fingerprint density at radius 2 is 2.38 bits per heavy atom. The second kappa shape index (κ2) is 5.39. The zero-order chi connectivity index (χ0) is 9.52. The summed E-state index contributed by atoms with van der Waals surface area (Å²) in [6, 6.07) is 9.45. The van der Waals surface area contributed by atoms with Gasteiger partial charge >= 0.3 is 0 Å². The van der Waals surface area contributed by atoms with E-state index in [0.717, 1.165) is 5.56 Å². The van der Waals surface area contributed by atoms with Crippen molar-refractivity contribution in [3.05, 3.63) is 34.8 Å². The molecule has 0 aliphatic rings. The van der Waals surface area contributed by atoms with Crippen molar-refractivity contribution in [1.29, 1.82) is 5.26 Å². The first-order valence-corrected chi connectivity index (χ1v) is 4.65. The molecule has 13 heavy (non-hydrogen) atoms. The second-order valence-electron chi connectivity index (χ2n) is 2.31. The minimum Gasteiger partial charge on any atom is -0.479 e. The van der Waals surface area contributed by atoms with Crippen LogP contribution in [0.1, 0.15) is 5.56 Å². The average Bonchev–Trinajstić information content (AvgIpc) is 2.16. The summed E-state index contributed by atoms with van der Waals surface area (Å²) < 4.78 is 5.13. The molecule has 0 saturated heterocycles. The Hall–Kier alpha value is -1.27. The van der Waals surface area contributed by atoms with Gasteiger partial charge in [-0.2, -0.15) is 5.26 Å². The monoisotopic (exact) mass is 237 g/mol. The molecule has 0 radical (unpaired) electrons. The third-order valence-corrected chi connectivity index (χ3v) is 1.68. The van der Waals surface area contributed by atoms with Gasteiger partial charge in [0.1, 0.15) is 11.8 Å². The van der Waals surface area contributed by atoms with Crippen molar-refractivity contribution in [2.75, 3.05) is 6.61 Å². The molecule has 1 aromatic rings. The smallest absolute Gasteiger partial charge is 0.174 e. The van der Waals surface area contributed by atoms with Crippen LogP contribution >= 0.6 is 15.9 Å². The quantitative estimate of drug-likeness (QED) is 0.810. The van der Waals surface area contributed by atoms with Gasteiger partial charge in [-0.25, -0.2) is 0 Å². The van der Waals surface area contributed by atoms with Crippen molar-refractivity contribution in [2.24, 2.45) is 0 Å². The molecule has 1 rings (SSSR count). The van der Waals surface area contributed by atoms with Crippen LogP contribution < -0.4 is 4.74 Å². The topological polar surface area (TPSA) is 33.0 Å². The van der Waals surface area contributed by atoms with Gasteiger partial charge in [-0.3, -0.25) is 0 Å². The maximum absolute atomic E-state index is 8.30. The number of halogens is 1. The van der Waals surface area contributed by atoms with Gasteiger partial charge in [0, 0.05) is 0 Å². The molecule has 3 heteroatoms. The van der Waals surface area contributed by atoms with Crippen molar-refractivity contribution in [3.63, 3.8) is 0 Å². The predicted octanol–water partition coefficient (Wildman–Crippen LogP) is 2.95. The molecule has 0 saturated carbocycles. The van der Waals surface area contributed by atoms with E-state index in [4.69, 9.17) is 10.00 Å². The number of hydrogen-bond acceptors (Lipinski definition) is 2. The Morgan fingerprint density at radius 1 is 1.54 bits per heavy atom. The molecule has 0 bridgehead atoms. The number of nitriles is 1. The van der Waals surface area contributed by atoms with Crippen molar-refractivity contribution in [1.82, 2.24) is 0 Å². The zero-order valence-electron chi connectivity index (χ0n) is 6.90. The molecule has 0 N–H and O–H groups in total. The first-order chi connectivity index (χ1) is 6.36. The lowest BCUT2D eigenvalue weighted by atomic mass is 10.2. The van der Waals surface area contributed by atoms with Gasteiger partial charge in [0.05, 0.1) is 0 Å².